The molecule has 0 saturated heterocycles. The molecule has 0 aromatic heterocycles. The molecule has 0 aliphatic rings. The number of hydrogen-bond donors (Lipinski definition) is 0. The Morgan fingerprint density at radius 2 is 1.82 bits per heavy atom. The average Bonchev–Trinajstić information content (AvgIpc) is 2.50. The van der Waals surface area contributed by atoms with E-state index in [-0.39, 0.29) is 24.5 Å². The summed E-state index contributed by atoms with van der Waals surface area (Å²) in [4.78, 5) is 22.5. The van der Waals surface area contributed by atoms with Crippen molar-refractivity contribution in [2.45, 2.75) is 19.3 Å². The second-order valence-corrected chi connectivity index (χ2v) is 5.44. The van der Waals surface area contributed by atoms with Crippen LogP contribution in [0.5, 0.6) is 0 Å². The van der Waals surface area contributed by atoms with E-state index in [1.165, 1.54) is 14.0 Å². The molecule has 0 bridgehead atoms. The van der Waals surface area contributed by atoms with E-state index >= 15 is 0 Å². The van der Waals surface area contributed by atoms with Gasteiger partial charge in [-0.1, -0.05) is 46.3 Å². The molecule has 0 radical (unpaired) electrons. The van der Waals surface area contributed by atoms with Gasteiger partial charge >= 0.3 is 11.9 Å². The number of esters is 2. The van der Waals surface area contributed by atoms with Crippen LogP contribution in [0.15, 0.2) is 53.0 Å². The third-order valence-corrected chi connectivity index (χ3v) is 3.42. The maximum atomic E-state index is 11.9. The molecule has 0 spiro atoms. The van der Waals surface area contributed by atoms with Crippen LogP contribution < -0.4 is 0 Å². The minimum Gasteiger partial charge on any atom is -0.469 e. The van der Waals surface area contributed by atoms with Crippen molar-refractivity contribution in [3.63, 3.8) is 0 Å². The summed E-state index contributed by atoms with van der Waals surface area (Å²) in [6.07, 6.45) is 7.74. The summed E-state index contributed by atoms with van der Waals surface area (Å²) >= 11 is 3.37. The van der Waals surface area contributed by atoms with E-state index in [9.17, 15) is 9.59 Å². The van der Waals surface area contributed by atoms with Crippen molar-refractivity contribution < 1.29 is 19.1 Å². The molecule has 118 valence electrons. The van der Waals surface area contributed by atoms with Crippen molar-refractivity contribution in [2.75, 3.05) is 13.7 Å². The maximum absolute atomic E-state index is 11.9. The Morgan fingerprint density at radius 1 is 1.18 bits per heavy atom. The highest BCUT2D eigenvalue weighted by atomic mass is 79.9. The number of carbonyl (C=O) groups excluding carboxylic acids is 2. The van der Waals surface area contributed by atoms with Gasteiger partial charge in [0.2, 0.25) is 0 Å². The van der Waals surface area contributed by atoms with Crippen LogP contribution in [0, 0.1) is 0 Å². The van der Waals surface area contributed by atoms with Crippen molar-refractivity contribution in [1.82, 2.24) is 0 Å². The van der Waals surface area contributed by atoms with E-state index in [1.807, 2.05) is 36.4 Å². The Bertz CT molecular complexity index is 546. The normalized spacial score (nSPS) is 12.5. The van der Waals surface area contributed by atoms with Crippen LogP contribution in [0.1, 0.15) is 24.8 Å². The van der Waals surface area contributed by atoms with E-state index in [4.69, 9.17) is 9.47 Å². The number of ether oxygens (including phenoxy) is 2. The minimum atomic E-state index is -0.337. The van der Waals surface area contributed by atoms with Crippen LogP contribution in [-0.2, 0) is 19.1 Å². The molecule has 0 unspecified atom stereocenters. The van der Waals surface area contributed by atoms with Crippen LogP contribution in [0.25, 0.3) is 0 Å². The van der Waals surface area contributed by atoms with Crippen LogP contribution in [0.3, 0.4) is 0 Å². The van der Waals surface area contributed by atoms with Crippen molar-refractivity contribution in [2.24, 2.45) is 0 Å². The van der Waals surface area contributed by atoms with E-state index in [0.717, 1.165) is 10.0 Å². The van der Waals surface area contributed by atoms with Gasteiger partial charge in [-0.15, -0.1) is 0 Å². The first-order valence-corrected chi connectivity index (χ1v) is 7.62. The topological polar surface area (TPSA) is 52.6 Å². The first-order chi connectivity index (χ1) is 10.5. The van der Waals surface area contributed by atoms with Gasteiger partial charge in [0.25, 0.3) is 0 Å². The Morgan fingerprint density at radius 3 is 2.41 bits per heavy atom. The highest BCUT2D eigenvalue weighted by Crippen LogP contribution is 2.23. The molecule has 22 heavy (non-hydrogen) atoms. The molecule has 1 aromatic carbocycles. The van der Waals surface area contributed by atoms with Gasteiger partial charge in [0.05, 0.1) is 13.0 Å². The lowest BCUT2D eigenvalue weighted by atomic mass is 9.95. The smallest absolute Gasteiger partial charge is 0.313 e. The first-order valence-electron chi connectivity index (χ1n) is 6.83. The van der Waals surface area contributed by atoms with E-state index < -0.39 is 0 Å². The van der Waals surface area contributed by atoms with Crippen molar-refractivity contribution in [1.29, 1.82) is 0 Å². The fourth-order valence-electron chi connectivity index (χ4n) is 1.80. The van der Waals surface area contributed by atoms with Gasteiger partial charge in [-0.25, -0.2) is 0 Å². The number of benzene rings is 1. The van der Waals surface area contributed by atoms with E-state index in [2.05, 4.69) is 15.9 Å². The van der Waals surface area contributed by atoms with Crippen LogP contribution in [0.2, 0.25) is 0 Å². The van der Waals surface area contributed by atoms with Crippen molar-refractivity contribution in [3.8, 4) is 0 Å². The van der Waals surface area contributed by atoms with Crippen molar-refractivity contribution in [3.05, 3.63) is 58.6 Å². The molecule has 0 heterocycles. The predicted molar refractivity (Wildman–Crippen MR) is 88.4 cm³/mol. The SMILES string of the molecule is COC(=O)[C@H](C/C=C/C=C/COC(C)=O)c1ccc(Br)cc1. The van der Waals surface area contributed by atoms with Gasteiger partial charge in [0, 0.05) is 11.4 Å². The summed E-state index contributed by atoms with van der Waals surface area (Å²) in [6.45, 7) is 1.61. The Kier molecular flexibility index (Phi) is 8.22. The van der Waals surface area contributed by atoms with Crippen LogP contribution in [0.4, 0.5) is 0 Å². The molecule has 0 aliphatic heterocycles. The molecule has 1 aromatic rings. The molecule has 1 atom stereocenters. The average molecular weight is 367 g/mol. The standard InChI is InChI=1S/C17H19BrO4/c1-13(19)22-12-6-4-3-5-7-16(17(20)21-2)14-8-10-15(18)11-9-14/h3-6,8-11,16H,7,12H2,1-2H3/b5-3+,6-4+/t16-/m1/s1. The molecule has 4 nitrogen and oxygen atoms in total. The third kappa shape index (κ3) is 6.72. The Labute approximate surface area is 138 Å². The van der Waals surface area contributed by atoms with Gasteiger partial charge in [-0.05, 0) is 30.2 Å². The van der Waals surface area contributed by atoms with Crippen LogP contribution in [-0.4, -0.2) is 25.7 Å². The maximum Gasteiger partial charge on any atom is 0.313 e. The molecule has 0 amide bonds. The van der Waals surface area contributed by atoms with Crippen LogP contribution >= 0.6 is 15.9 Å². The number of allylic oxidation sites excluding steroid dienone is 3. The van der Waals surface area contributed by atoms with Gasteiger partial charge in [-0.2, -0.15) is 0 Å². The third-order valence-electron chi connectivity index (χ3n) is 2.90. The molecule has 0 saturated carbocycles. The van der Waals surface area contributed by atoms with Gasteiger partial charge in [0.1, 0.15) is 6.61 Å². The minimum absolute atomic E-state index is 0.243. The number of carbonyl (C=O) groups is 2. The fraction of sp³-hybridized carbons (Fsp3) is 0.294. The van der Waals surface area contributed by atoms with Gasteiger partial charge in [-0.3, -0.25) is 9.59 Å². The zero-order valence-electron chi connectivity index (χ0n) is 12.6. The molecule has 0 aliphatic carbocycles. The van der Waals surface area contributed by atoms with E-state index in [0.29, 0.717) is 6.42 Å². The summed E-state index contributed by atoms with van der Waals surface area (Å²) in [7, 11) is 1.39. The molecule has 0 N–H and O–H groups in total. The molecule has 5 heteroatoms. The Balaban J connectivity index is 2.61. The second kappa shape index (κ2) is 9.95. The molecule has 1 rings (SSSR count). The summed E-state index contributed by atoms with van der Waals surface area (Å²) in [5, 5.41) is 0. The fourth-order valence-corrected chi connectivity index (χ4v) is 2.06. The largest absolute Gasteiger partial charge is 0.469 e. The highest BCUT2D eigenvalue weighted by molar-refractivity contribution is 9.10. The summed E-state index contributed by atoms with van der Waals surface area (Å²) in [6, 6.07) is 7.59. The lowest BCUT2D eigenvalue weighted by Gasteiger charge is -2.13. The molecular weight excluding hydrogens is 348 g/mol. The number of methoxy groups -OCH3 is 1. The lowest BCUT2D eigenvalue weighted by molar-refractivity contribution is -0.142. The lowest BCUT2D eigenvalue weighted by Crippen LogP contribution is -2.13. The zero-order valence-corrected chi connectivity index (χ0v) is 14.2. The number of hydrogen-bond acceptors (Lipinski definition) is 4. The summed E-state index contributed by atoms with van der Waals surface area (Å²) in [5.41, 5.74) is 0.906. The molecule has 0 fully saturated rings. The monoisotopic (exact) mass is 366 g/mol. The van der Waals surface area contributed by atoms with Crippen molar-refractivity contribution >= 4 is 27.9 Å². The second-order valence-electron chi connectivity index (χ2n) is 4.52. The quantitative estimate of drug-likeness (QED) is 0.544. The summed E-state index contributed by atoms with van der Waals surface area (Å²) < 4.78 is 10.6. The van der Waals surface area contributed by atoms with Gasteiger partial charge in [0.15, 0.2) is 0 Å². The first kappa shape index (κ1) is 18.2. The molecular formula is C17H19BrO4. The predicted octanol–water partition coefficient (Wildman–Crippen LogP) is 3.77. The summed E-state index contributed by atoms with van der Waals surface area (Å²) in [5.74, 6) is -0.915. The Hall–Kier alpha value is -1.88. The highest BCUT2D eigenvalue weighted by Gasteiger charge is 2.19. The van der Waals surface area contributed by atoms with E-state index in [1.54, 1.807) is 12.2 Å². The number of halogens is 1. The zero-order chi connectivity index (χ0) is 16.4. The van der Waals surface area contributed by atoms with Gasteiger partial charge < -0.3 is 9.47 Å². The number of rotatable bonds is 7.